The van der Waals surface area contributed by atoms with Crippen molar-refractivity contribution in [1.82, 2.24) is 0 Å². The minimum absolute atomic E-state index is 0.0388. The Hall–Kier alpha value is -2.16. The van der Waals surface area contributed by atoms with Crippen molar-refractivity contribution in [1.29, 1.82) is 0 Å². The van der Waals surface area contributed by atoms with Crippen molar-refractivity contribution in [2.45, 2.75) is 102 Å². The Labute approximate surface area is 239 Å². The number of methoxy groups -OCH3 is 1. The van der Waals surface area contributed by atoms with Crippen molar-refractivity contribution in [2.75, 3.05) is 7.11 Å². The van der Waals surface area contributed by atoms with Gasteiger partial charge in [-0.1, -0.05) is 128 Å². The van der Waals surface area contributed by atoms with E-state index in [2.05, 4.69) is 104 Å². The first-order chi connectivity index (χ1) is 18.0. The second-order valence-electron chi connectivity index (χ2n) is 14.2. The molecule has 0 aromatic heterocycles. The fraction of sp³-hybridized carbons (Fsp3) is 0.545. The van der Waals surface area contributed by atoms with Gasteiger partial charge in [-0.15, -0.1) is 0 Å². The molecule has 4 nitrogen and oxygen atoms in total. The minimum Gasteiger partial charge on any atom is -0.463 e. The van der Waals surface area contributed by atoms with Crippen LogP contribution in [0.25, 0.3) is 0 Å². The lowest BCUT2D eigenvalue weighted by Gasteiger charge is -2.59. The van der Waals surface area contributed by atoms with Gasteiger partial charge >= 0.3 is 5.97 Å². The van der Waals surface area contributed by atoms with Gasteiger partial charge in [0, 0.05) is 11.8 Å². The Bertz CT molecular complexity index is 1100. The molecule has 214 valence electrons. The normalized spacial score (nSPS) is 20.8. The van der Waals surface area contributed by atoms with E-state index in [1.807, 2.05) is 30.3 Å². The summed E-state index contributed by atoms with van der Waals surface area (Å²) in [5.74, 6) is -0.210. The fourth-order valence-corrected chi connectivity index (χ4v) is 20.3. The lowest BCUT2D eigenvalue weighted by atomic mass is 9.84. The largest absolute Gasteiger partial charge is 0.463 e. The summed E-state index contributed by atoms with van der Waals surface area (Å²) in [6, 6.07) is 20.8. The summed E-state index contributed by atoms with van der Waals surface area (Å²) in [5, 5.41) is 0.738. The molecule has 39 heavy (non-hydrogen) atoms. The molecule has 1 aliphatic heterocycles. The van der Waals surface area contributed by atoms with E-state index in [1.54, 1.807) is 0 Å². The maximum absolute atomic E-state index is 12.9. The molecule has 0 unspecified atom stereocenters. The zero-order chi connectivity index (χ0) is 29.2. The zero-order valence-corrected chi connectivity index (χ0v) is 28.0. The Morgan fingerprint density at radius 3 is 1.79 bits per heavy atom. The van der Waals surface area contributed by atoms with Crippen LogP contribution in [-0.2, 0) is 25.6 Å². The van der Waals surface area contributed by atoms with Crippen LogP contribution in [0.1, 0.15) is 58.6 Å². The number of benzene rings is 2. The number of rotatable bonds is 8. The van der Waals surface area contributed by atoms with Gasteiger partial charge in [0.1, 0.15) is 0 Å². The summed E-state index contributed by atoms with van der Waals surface area (Å²) >= 11 is 0. The van der Waals surface area contributed by atoms with Gasteiger partial charge in [0.05, 0.1) is 29.9 Å². The van der Waals surface area contributed by atoms with E-state index in [9.17, 15) is 4.79 Å². The summed E-state index contributed by atoms with van der Waals surface area (Å²) in [5.41, 5.74) is 2.27. The predicted octanol–water partition coefficient (Wildman–Crippen LogP) is 8.94. The van der Waals surface area contributed by atoms with Crippen molar-refractivity contribution in [2.24, 2.45) is 5.92 Å². The van der Waals surface area contributed by atoms with Gasteiger partial charge < -0.3 is 14.2 Å². The highest BCUT2D eigenvalue weighted by Crippen LogP contribution is 2.60. The molecule has 1 heterocycles. The van der Waals surface area contributed by atoms with Gasteiger partial charge in [0.15, 0.2) is 0 Å². The Morgan fingerprint density at radius 1 is 0.846 bits per heavy atom. The van der Waals surface area contributed by atoms with Crippen molar-refractivity contribution in [3.8, 4) is 0 Å². The monoisotopic (exact) mass is 566 g/mol. The molecule has 0 amide bonds. The fourth-order valence-electron chi connectivity index (χ4n) is 5.96. The van der Waals surface area contributed by atoms with Crippen molar-refractivity contribution < 1.29 is 19.0 Å². The molecule has 2 aromatic carbocycles. The van der Waals surface area contributed by atoms with Crippen LogP contribution >= 0.6 is 0 Å². The summed E-state index contributed by atoms with van der Waals surface area (Å²) in [4.78, 5) is 12.9. The highest BCUT2D eigenvalue weighted by molar-refractivity contribution is 6.99. The third kappa shape index (κ3) is 6.60. The molecule has 0 bridgehead atoms. The lowest BCUT2D eigenvalue weighted by Crippen LogP contribution is -2.62. The Kier molecular flexibility index (Phi) is 9.46. The number of hydrogen-bond acceptors (Lipinski definition) is 4. The van der Waals surface area contributed by atoms with E-state index in [1.165, 1.54) is 12.7 Å². The molecule has 3 atom stereocenters. The topological polar surface area (TPSA) is 44.8 Å². The van der Waals surface area contributed by atoms with Crippen molar-refractivity contribution in [3.05, 3.63) is 83.6 Å². The number of esters is 1. The Balaban J connectivity index is 2.29. The van der Waals surface area contributed by atoms with E-state index < -0.39 is 28.4 Å². The first kappa shape index (κ1) is 31.4. The number of allylic oxidation sites excluding steroid dienone is 1. The standard InChI is InChI=1S/C33H50O4Si2/c1-32(2,3)38(8,9)31(39(10,11)33(4,5)6)28-26(25-20-16-13-17-21-25)22-27(29(34)35-7)37-30(28)36-23-24-18-14-12-15-19-24/h12-22,26,28,30-31H,23H2,1-11H3/t26-,28-,30+/m1/s1. The predicted molar refractivity (Wildman–Crippen MR) is 167 cm³/mol. The van der Waals surface area contributed by atoms with Crippen LogP contribution in [0.5, 0.6) is 0 Å². The number of carbonyl (C=O) groups excluding carboxylic acids is 1. The second-order valence-corrected chi connectivity index (χ2v) is 25.9. The number of carbonyl (C=O) groups is 1. The molecule has 0 saturated heterocycles. The van der Waals surface area contributed by atoms with Gasteiger partial charge in [-0.05, 0) is 32.4 Å². The average molecular weight is 567 g/mol. The minimum atomic E-state index is -1.99. The quantitative estimate of drug-likeness (QED) is 0.236. The van der Waals surface area contributed by atoms with Crippen LogP contribution in [0.15, 0.2) is 72.5 Å². The first-order valence-electron chi connectivity index (χ1n) is 14.2. The third-order valence-corrected chi connectivity index (χ3v) is 25.9. The molecule has 0 N–H and O–H groups in total. The molecule has 0 spiro atoms. The van der Waals surface area contributed by atoms with Crippen LogP contribution in [0, 0.1) is 5.92 Å². The van der Waals surface area contributed by atoms with Crippen LogP contribution in [-0.4, -0.2) is 35.5 Å². The van der Waals surface area contributed by atoms with E-state index in [-0.39, 0.29) is 27.7 Å². The summed E-state index contributed by atoms with van der Waals surface area (Å²) in [7, 11) is -2.58. The summed E-state index contributed by atoms with van der Waals surface area (Å²) in [6.07, 6.45) is 1.43. The van der Waals surface area contributed by atoms with Crippen LogP contribution in [0.4, 0.5) is 0 Å². The second kappa shape index (κ2) is 11.8. The van der Waals surface area contributed by atoms with Crippen LogP contribution in [0.2, 0.25) is 41.4 Å². The maximum atomic E-state index is 12.9. The molecule has 1 aliphatic rings. The van der Waals surface area contributed by atoms with E-state index in [0.717, 1.165) is 5.56 Å². The summed E-state index contributed by atoms with van der Waals surface area (Å²) < 4.78 is 18.4. The van der Waals surface area contributed by atoms with E-state index in [4.69, 9.17) is 14.2 Å². The van der Waals surface area contributed by atoms with Gasteiger partial charge in [0.2, 0.25) is 12.0 Å². The van der Waals surface area contributed by atoms with Crippen LogP contribution < -0.4 is 0 Å². The average Bonchev–Trinajstić information content (AvgIpc) is 2.87. The first-order valence-corrected chi connectivity index (χ1v) is 20.3. The summed E-state index contributed by atoms with van der Waals surface area (Å²) in [6.45, 7) is 25.1. The highest BCUT2D eigenvalue weighted by Gasteiger charge is 2.60. The molecule has 0 fully saturated rings. The molecule has 3 rings (SSSR count). The molecule has 0 aliphatic carbocycles. The van der Waals surface area contributed by atoms with Crippen molar-refractivity contribution in [3.63, 3.8) is 0 Å². The molecule has 0 saturated carbocycles. The van der Waals surface area contributed by atoms with Gasteiger partial charge in [0.25, 0.3) is 0 Å². The van der Waals surface area contributed by atoms with Gasteiger partial charge in [-0.2, -0.15) is 0 Å². The highest BCUT2D eigenvalue weighted by atomic mass is 28.4. The van der Waals surface area contributed by atoms with Gasteiger partial charge in [-0.25, -0.2) is 4.79 Å². The van der Waals surface area contributed by atoms with E-state index in [0.29, 0.717) is 11.8 Å². The van der Waals surface area contributed by atoms with Gasteiger partial charge in [-0.3, -0.25) is 0 Å². The zero-order valence-electron chi connectivity index (χ0n) is 26.0. The Morgan fingerprint density at radius 2 is 1.33 bits per heavy atom. The SMILES string of the molecule is COC(=O)C1=C[C@H](c2ccccc2)[C@@H](C([Si](C)(C)C(C)(C)C)[Si](C)(C)C(C)(C)C)[C@@H](OCc2ccccc2)O1. The molecule has 0 radical (unpaired) electrons. The van der Waals surface area contributed by atoms with Crippen molar-refractivity contribution >= 4 is 22.1 Å². The number of ether oxygens (including phenoxy) is 3. The molecule has 6 heteroatoms. The third-order valence-electron chi connectivity index (χ3n) is 9.94. The molecule has 2 aromatic rings. The number of hydrogen-bond donors (Lipinski definition) is 0. The van der Waals surface area contributed by atoms with Crippen LogP contribution in [0.3, 0.4) is 0 Å². The lowest BCUT2D eigenvalue weighted by molar-refractivity contribution is -0.179. The van der Waals surface area contributed by atoms with E-state index >= 15 is 0 Å². The molecular formula is C33H50O4Si2. The maximum Gasteiger partial charge on any atom is 0.373 e. The molecular weight excluding hydrogens is 517 g/mol. The smallest absolute Gasteiger partial charge is 0.373 e.